The third-order valence-electron chi connectivity index (χ3n) is 7.44. The van der Waals surface area contributed by atoms with E-state index in [0.29, 0.717) is 5.92 Å². The summed E-state index contributed by atoms with van der Waals surface area (Å²) in [6.45, 7) is 12.1. The fourth-order valence-corrected chi connectivity index (χ4v) is 5.15. The third kappa shape index (κ3) is 9.19. The zero-order chi connectivity index (χ0) is 30.5. The predicted octanol–water partition coefficient (Wildman–Crippen LogP) is 7.06. The minimum atomic E-state index is 0.170. The van der Waals surface area contributed by atoms with Crippen molar-refractivity contribution < 1.29 is 4.79 Å². The van der Waals surface area contributed by atoms with E-state index in [2.05, 4.69) is 117 Å². The highest BCUT2D eigenvalue weighted by Crippen LogP contribution is 2.30. The molecule has 220 valence electrons. The number of hydrogen-bond donors (Lipinski definition) is 1. The first-order valence-electron chi connectivity index (χ1n) is 14.9. The van der Waals surface area contributed by atoms with Crippen LogP contribution in [0.4, 0.5) is 0 Å². The Labute approximate surface area is 253 Å². The molecule has 42 heavy (non-hydrogen) atoms. The molecule has 1 saturated heterocycles. The summed E-state index contributed by atoms with van der Waals surface area (Å²) < 4.78 is 0. The molecule has 5 nitrogen and oxygen atoms in total. The minimum absolute atomic E-state index is 0.170. The highest BCUT2D eigenvalue weighted by molar-refractivity contribution is 5.97. The Balaban J connectivity index is 0.000000465. The first kappa shape index (κ1) is 32.4. The minimum Gasteiger partial charge on any atom is -0.336 e. The number of aromatic amines is 1. The van der Waals surface area contributed by atoms with E-state index in [4.69, 9.17) is 0 Å². The zero-order valence-corrected chi connectivity index (χ0v) is 25.9. The van der Waals surface area contributed by atoms with Crippen LogP contribution in [0.15, 0.2) is 78.9 Å². The molecule has 3 aromatic carbocycles. The van der Waals surface area contributed by atoms with Crippen LogP contribution in [-0.2, 0) is 19.3 Å². The normalized spacial score (nSPS) is 13.1. The first-order chi connectivity index (χ1) is 20.3. The van der Waals surface area contributed by atoms with E-state index < -0.39 is 0 Å². The smallest absolute Gasteiger partial charge is 0.254 e. The van der Waals surface area contributed by atoms with Gasteiger partial charge in [0.2, 0.25) is 0 Å². The Morgan fingerprint density at radius 2 is 1.52 bits per heavy atom. The van der Waals surface area contributed by atoms with Gasteiger partial charge < -0.3 is 9.80 Å². The molecule has 1 aromatic heterocycles. The number of aryl methyl sites for hydroxylation is 2. The molecule has 4 aromatic rings. The second-order valence-electron chi connectivity index (χ2n) is 11.3. The Morgan fingerprint density at radius 1 is 0.905 bits per heavy atom. The number of aromatic nitrogens is 2. The molecule has 0 radical (unpaired) electrons. The van der Waals surface area contributed by atoms with Crippen LogP contribution in [0.25, 0.3) is 11.3 Å². The molecule has 2 heterocycles. The standard InChI is InChI=1S/C28H36N4O.C7H8.C2H2/c1-5-22-17-25(27-19-24(29-30-27)16-21-9-7-6-8-10-21)23(15-20(2)3)18-26(22)28(33)32-13-11-31(4)12-14-32;1-7-5-3-2-4-6-7;1-2/h6-10,17-20H,5,11-16H2,1-4H3,(H,29,30);2-6H,1H3;1-2H. The number of amides is 1. The fraction of sp³-hybridized carbons (Fsp3) is 0.351. The monoisotopic (exact) mass is 562 g/mol. The number of benzene rings is 3. The SMILES string of the molecule is C#C.CCc1cc(-c2cc(Cc3ccccc3)[nH]n2)c(CC(C)C)cc1C(=O)N1CCN(C)CC1.Cc1ccccc1. The summed E-state index contributed by atoms with van der Waals surface area (Å²) in [4.78, 5) is 17.8. The molecule has 1 N–H and O–H groups in total. The molecule has 0 saturated carbocycles. The van der Waals surface area contributed by atoms with Gasteiger partial charge in [0.25, 0.3) is 5.91 Å². The van der Waals surface area contributed by atoms with Gasteiger partial charge in [0.15, 0.2) is 0 Å². The quantitative estimate of drug-likeness (QED) is 0.245. The van der Waals surface area contributed by atoms with Gasteiger partial charge in [-0.25, -0.2) is 0 Å². The molecular formula is C37H46N4O. The molecule has 0 atom stereocenters. The number of nitrogens with one attached hydrogen (secondary N) is 1. The molecule has 1 amide bonds. The number of carbonyl (C=O) groups excluding carboxylic acids is 1. The molecular weight excluding hydrogens is 516 g/mol. The molecule has 0 unspecified atom stereocenters. The lowest BCUT2D eigenvalue weighted by Crippen LogP contribution is -2.47. The molecule has 1 aliphatic heterocycles. The summed E-state index contributed by atoms with van der Waals surface area (Å²) in [5.41, 5.74) is 8.96. The summed E-state index contributed by atoms with van der Waals surface area (Å²) >= 11 is 0. The lowest BCUT2D eigenvalue weighted by atomic mass is 9.90. The summed E-state index contributed by atoms with van der Waals surface area (Å²) in [5, 5.41) is 7.91. The Hall–Kier alpha value is -4.14. The number of likely N-dealkylation sites (N-methyl/N-ethyl adjacent to an activating group) is 1. The lowest BCUT2D eigenvalue weighted by molar-refractivity contribution is 0.0663. The van der Waals surface area contributed by atoms with Gasteiger partial charge in [-0.05, 0) is 67.6 Å². The Morgan fingerprint density at radius 3 is 2.07 bits per heavy atom. The average molecular weight is 563 g/mol. The van der Waals surface area contributed by atoms with Crippen LogP contribution in [0.5, 0.6) is 0 Å². The van der Waals surface area contributed by atoms with Gasteiger partial charge in [0.1, 0.15) is 0 Å². The van der Waals surface area contributed by atoms with Crippen LogP contribution >= 0.6 is 0 Å². The van der Waals surface area contributed by atoms with E-state index in [1.807, 2.05) is 29.2 Å². The second-order valence-corrected chi connectivity index (χ2v) is 11.3. The Bertz CT molecular complexity index is 1400. The fourth-order valence-electron chi connectivity index (χ4n) is 5.15. The summed E-state index contributed by atoms with van der Waals surface area (Å²) in [6, 6.07) is 27.2. The largest absolute Gasteiger partial charge is 0.336 e. The lowest BCUT2D eigenvalue weighted by Gasteiger charge is -2.33. The maximum Gasteiger partial charge on any atom is 0.254 e. The number of nitrogens with zero attached hydrogens (tertiary/aromatic N) is 3. The van der Waals surface area contributed by atoms with Gasteiger partial charge in [-0.2, -0.15) is 5.10 Å². The number of H-pyrrole nitrogens is 1. The van der Waals surface area contributed by atoms with Crippen molar-refractivity contribution in [1.82, 2.24) is 20.0 Å². The van der Waals surface area contributed by atoms with E-state index in [1.54, 1.807) is 0 Å². The number of terminal acetylenes is 1. The van der Waals surface area contributed by atoms with Crippen LogP contribution < -0.4 is 0 Å². The van der Waals surface area contributed by atoms with Crippen molar-refractivity contribution >= 4 is 5.91 Å². The van der Waals surface area contributed by atoms with Crippen molar-refractivity contribution in [3.8, 4) is 24.1 Å². The zero-order valence-electron chi connectivity index (χ0n) is 25.9. The summed E-state index contributed by atoms with van der Waals surface area (Å²) in [6.07, 6.45) is 10.6. The number of piperazine rings is 1. The number of hydrogen-bond acceptors (Lipinski definition) is 3. The van der Waals surface area contributed by atoms with Crippen molar-refractivity contribution in [3.05, 3.63) is 112 Å². The maximum atomic E-state index is 13.5. The summed E-state index contributed by atoms with van der Waals surface area (Å²) in [7, 11) is 2.12. The van der Waals surface area contributed by atoms with Gasteiger partial charge in [0, 0.05) is 49.4 Å². The molecule has 1 fully saturated rings. The van der Waals surface area contributed by atoms with E-state index >= 15 is 0 Å². The van der Waals surface area contributed by atoms with Crippen molar-refractivity contribution in [2.45, 2.75) is 47.0 Å². The molecule has 0 spiro atoms. The predicted molar refractivity (Wildman–Crippen MR) is 176 cm³/mol. The van der Waals surface area contributed by atoms with E-state index in [0.717, 1.165) is 73.5 Å². The van der Waals surface area contributed by atoms with E-state index in [-0.39, 0.29) is 5.91 Å². The highest BCUT2D eigenvalue weighted by Gasteiger charge is 2.24. The van der Waals surface area contributed by atoms with Crippen molar-refractivity contribution in [2.75, 3.05) is 33.2 Å². The molecule has 0 aliphatic carbocycles. The highest BCUT2D eigenvalue weighted by atomic mass is 16.2. The van der Waals surface area contributed by atoms with Gasteiger partial charge in [0.05, 0.1) is 5.69 Å². The van der Waals surface area contributed by atoms with E-state index in [1.165, 1.54) is 16.7 Å². The van der Waals surface area contributed by atoms with E-state index in [9.17, 15) is 4.79 Å². The topological polar surface area (TPSA) is 52.2 Å². The number of rotatable bonds is 7. The van der Waals surface area contributed by atoms with Crippen LogP contribution in [0.2, 0.25) is 0 Å². The number of carbonyl (C=O) groups is 1. The van der Waals surface area contributed by atoms with Crippen LogP contribution in [0, 0.1) is 25.7 Å². The van der Waals surface area contributed by atoms with Gasteiger partial charge in [-0.3, -0.25) is 9.89 Å². The maximum absolute atomic E-state index is 13.5. The van der Waals surface area contributed by atoms with Crippen molar-refractivity contribution in [3.63, 3.8) is 0 Å². The molecule has 5 rings (SSSR count). The second kappa shape index (κ2) is 16.3. The molecule has 5 heteroatoms. The van der Waals surface area contributed by atoms with Gasteiger partial charge >= 0.3 is 0 Å². The Kier molecular flexibility index (Phi) is 12.6. The average Bonchev–Trinajstić information content (AvgIpc) is 3.47. The summed E-state index contributed by atoms with van der Waals surface area (Å²) in [5.74, 6) is 0.661. The van der Waals surface area contributed by atoms with Crippen LogP contribution in [0.1, 0.15) is 59.1 Å². The third-order valence-corrected chi connectivity index (χ3v) is 7.44. The van der Waals surface area contributed by atoms with Gasteiger partial charge in [-0.15, -0.1) is 12.8 Å². The van der Waals surface area contributed by atoms with Crippen molar-refractivity contribution in [1.29, 1.82) is 0 Å². The molecule has 0 bridgehead atoms. The van der Waals surface area contributed by atoms with Crippen LogP contribution in [0.3, 0.4) is 0 Å². The van der Waals surface area contributed by atoms with Crippen molar-refractivity contribution in [2.24, 2.45) is 5.92 Å². The first-order valence-corrected chi connectivity index (χ1v) is 14.9. The van der Waals surface area contributed by atoms with Gasteiger partial charge in [-0.1, -0.05) is 87.0 Å². The van der Waals surface area contributed by atoms with Crippen LogP contribution in [-0.4, -0.2) is 59.1 Å². The molecule has 1 aliphatic rings.